The molecule has 13 nitrogen and oxygen atoms in total. The molecule has 4 N–H and O–H groups in total. The summed E-state index contributed by atoms with van der Waals surface area (Å²) in [6.45, 7) is -0.458. The van der Waals surface area contributed by atoms with Gasteiger partial charge in [-0.1, -0.05) is 11.6 Å². The van der Waals surface area contributed by atoms with Crippen LogP contribution in [0.2, 0.25) is 5.02 Å². The number of imidazole rings is 1. The van der Waals surface area contributed by atoms with Gasteiger partial charge in [0.05, 0.1) is 31.0 Å². The quantitative estimate of drug-likeness (QED) is 0.264. The second kappa shape index (κ2) is 9.20. The maximum absolute atomic E-state index is 11.8. The summed E-state index contributed by atoms with van der Waals surface area (Å²) in [6, 6.07) is 6.75. The van der Waals surface area contributed by atoms with E-state index in [2.05, 4.69) is 25.4 Å². The fraction of sp³-hybridized carbons (Fsp3) is 0.286. The van der Waals surface area contributed by atoms with Gasteiger partial charge < -0.3 is 25.4 Å². The Labute approximate surface area is 203 Å². The molecular weight excluding hydrogens is 480 g/mol. The van der Waals surface area contributed by atoms with Crippen LogP contribution in [0.1, 0.15) is 6.23 Å². The lowest BCUT2D eigenvalue weighted by Crippen LogP contribution is -2.33. The van der Waals surface area contributed by atoms with E-state index in [9.17, 15) is 20.1 Å². The number of fused-ring (bicyclic) bond motifs is 1. The SMILES string of the molecule is CNc1nc(-n2cc(N(C=O)c3ccc(Cl)cc3)cn2)nc2c1ncn2[C@@H]1O[C@H](CO)[C@@H](O)[C@H]1O. The first kappa shape index (κ1) is 23.1. The highest BCUT2D eigenvalue weighted by atomic mass is 35.5. The van der Waals surface area contributed by atoms with Gasteiger partial charge in [0.1, 0.15) is 18.3 Å². The molecule has 1 aliphatic heterocycles. The Morgan fingerprint density at radius 3 is 2.63 bits per heavy atom. The Morgan fingerprint density at radius 2 is 1.97 bits per heavy atom. The van der Waals surface area contributed by atoms with Crippen LogP contribution >= 0.6 is 11.6 Å². The molecule has 4 heterocycles. The lowest BCUT2D eigenvalue weighted by Gasteiger charge is -2.17. The molecule has 3 aromatic heterocycles. The summed E-state index contributed by atoms with van der Waals surface area (Å²) in [5, 5.41) is 37.8. The molecule has 0 saturated carbocycles. The lowest BCUT2D eigenvalue weighted by atomic mass is 10.1. The van der Waals surface area contributed by atoms with Gasteiger partial charge in [-0.2, -0.15) is 15.1 Å². The van der Waals surface area contributed by atoms with E-state index in [1.165, 1.54) is 26.7 Å². The average Bonchev–Trinajstić information content (AvgIpc) is 3.59. The summed E-state index contributed by atoms with van der Waals surface area (Å²) in [4.78, 5) is 26.5. The Bertz CT molecular complexity index is 1360. The molecule has 1 saturated heterocycles. The van der Waals surface area contributed by atoms with E-state index in [1.807, 2.05) is 0 Å². The van der Waals surface area contributed by atoms with Gasteiger partial charge in [0.2, 0.25) is 6.41 Å². The minimum Gasteiger partial charge on any atom is -0.394 e. The van der Waals surface area contributed by atoms with E-state index < -0.39 is 31.1 Å². The number of nitrogens with one attached hydrogen (secondary N) is 1. The van der Waals surface area contributed by atoms with Gasteiger partial charge in [-0.3, -0.25) is 14.3 Å². The predicted octanol–water partition coefficient (Wildman–Crippen LogP) is 0.613. The second-order valence-corrected chi connectivity index (χ2v) is 8.21. The van der Waals surface area contributed by atoms with Crippen LogP contribution in [0.3, 0.4) is 0 Å². The number of hydrogen-bond acceptors (Lipinski definition) is 10. The minimum atomic E-state index is -1.31. The van der Waals surface area contributed by atoms with Gasteiger partial charge >= 0.3 is 0 Å². The normalized spacial score (nSPS) is 22.0. The molecule has 14 heteroatoms. The van der Waals surface area contributed by atoms with Crippen molar-refractivity contribution in [3.8, 4) is 5.95 Å². The van der Waals surface area contributed by atoms with Gasteiger partial charge in [0.25, 0.3) is 5.95 Å². The third-order valence-electron chi connectivity index (χ3n) is 5.70. The number of aliphatic hydroxyl groups excluding tert-OH is 3. The van der Waals surface area contributed by atoms with Gasteiger partial charge in [-0.05, 0) is 24.3 Å². The molecule has 0 aliphatic carbocycles. The largest absolute Gasteiger partial charge is 0.394 e. The number of carbonyl (C=O) groups is 1. The second-order valence-electron chi connectivity index (χ2n) is 7.77. The molecule has 0 bridgehead atoms. The first-order valence-corrected chi connectivity index (χ1v) is 10.9. The Kier molecular flexibility index (Phi) is 6.08. The van der Waals surface area contributed by atoms with Crippen LogP contribution in [-0.2, 0) is 9.53 Å². The fourth-order valence-electron chi connectivity index (χ4n) is 3.90. The summed E-state index contributed by atoms with van der Waals surface area (Å²) in [5.74, 6) is 0.543. The van der Waals surface area contributed by atoms with Crippen molar-refractivity contribution in [1.29, 1.82) is 0 Å². The number of nitrogens with zero attached hydrogens (tertiary/aromatic N) is 7. The van der Waals surface area contributed by atoms with Crippen LogP contribution in [0.4, 0.5) is 17.2 Å². The molecule has 0 unspecified atom stereocenters. The number of halogens is 1. The first-order valence-electron chi connectivity index (χ1n) is 10.5. The van der Waals surface area contributed by atoms with Crippen LogP contribution in [0.15, 0.2) is 43.0 Å². The van der Waals surface area contributed by atoms with Gasteiger partial charge in [-0.25, -0.2) is 9.67 Å². The number of hydrogen-bond donors (Lipinski definition) is 4. The fourth-order valence-corrected chi connectivity index (χ4v) is 4.02. The highest BCUT2D eigenvalue weighted by Crippen LogP contribution is 2.33. The first-order chi connectivity index (χ1) is 16.9. The highest BCUT2D eigenvalue weighted by Gasteiger charge is 2.44. The smallest absolute Gasteiger partial charge is 0.254 e. The van der Waals surface area contributed by atoms with E-state index in [0.29, 0.717) is 39.8 Å². The zero-order valence-corrected chi connectivity index (χ0v) is 19.1. The van der Waals surface area contributed by atoms with Crippen LogP contribution < -0.4 is 10.2 Å². The maximum atomic E-state index is 11.8. The van der Waals surface area contributed by atoms with Crippen LogP contribution in [0.25, 0.3) is 17.1 Å². The van der Waals surface area contributed by atoms with Crippen molar-refractivity contribution in [2.75, 3.05) is 23.9 Å². The molecule has 5 rings (SSSR count). The van der Waals surface area contributed by atoms with E-state index in [1.54, 1.807) is 37.5 Å². The van der Waals surface area contributed by atoms with Crippen molar-refractivity contribution in [2.45, 2.75) is 24.5 Å². The van der Waals surface area contributed by atoms with Crippen LogP contribution in [0.5, 0.6) is 0 Å². The van der Waals surface area contributed by atoms with Gasteiger partial charge in [0.15, 0.2) is 23.2 Å². The number of rotatable bonds is 7. The zero-order valence-electron chi connectivity index (χ0n) is 18.3. The van der Waals surface area contributed by atoms with Gasteiger partial charge in [-0.15, -0.1) is 0 Å². The van der Waals surface area contributed by atoms with Crippen molar-refractivity contribution in [2.24, 2.45) is 0 Å². The number of ether oxygens (including phenoxy) is 1. The van der Waals surface area contributed by atoms with Crippen molar-refractivity contribution in [3.05, 3.63) is 48.0 Å². The standard InChI is InChI=1S/C21H21ClN8O5/c1-23-18-15-19(28(9-24-15)20-17(34)16(33)14(8-31)35-20)27-21(26-18)30-7-13(6-25-30)29(10-32)12-4-2-11(22)3-5-12/h2-7,9-10,14,16-17,20,31,33-34H,8H2,1H3,(H,23,26,27)/t14-,16-,17-,20-/m1/s1. The van der Waals surface area contributed by atoms with Crippen molar-refractivity contribution >= 4 is 46.4 Å². The van der Waals surface area contributed by atoms with Crippen LogP contribution in [-0.4, -0.2) is 83.0 Å². The number of aromatic nitrogens is 6. The number of carbonyl (C=O) groups excluding carboxylic acids is 1. The van der Waals surface area contributed by atoms with Crippen molar-refractivity contribution < 1.29 is 24.9 Å². The maximum Gasteiger partial charge on any atom is 0.254 e. The monoisotopic (exact) mass is 500 g/mol. The van der Waals surface area contributed by atoms with Crippen LogP contribution in [0, 0.1) is 0 Å². The summed E-state index contributed by atoms with van der Waals surface area (Å²) < 4.78 is 8.47. The minimum absolute atomic E-state index is 0.156. The van der Waals surface area contributed by atoms with E-state index in [-0.39, 0.29) is 5.95 Å². The summed E-state index contributed by atoms with van der Waals surface area (Å²) in [5.41, 5.74) is 1.76. The molecule has 1 fully saturated rings. The van der Waals surface area contributed by atoms with Crippen molar-refractivity contribution in [1.82, 2.24) is 29.3 Å². The third kappa shape index (κ3) is 3.98. The van der Waals surface area contributed by atoms with E-state index in [4.69, 9.17) is 16.3 Å². The zero-order chi connectivity index (χ0) is 24.7. The number of anilines is 3. The summed E-state index contributed by atoms with van der Waals surface area (Å²) in [7, 11) is 1.67. The molecule has 1 aliphatic rings. The molecule has 182 valence electrons. The molecule has 1 aromatic carbocycles. The average molecular weight is 501 g/mol. The predicted molar refractivity (Wildman–Crippen MR) is 125 cm³/mol. The number of aliphatic hydroxyl groups is 3. The molecule has 0 radical (unpaired) electrons. The molecule has 0 spiro atoms. The molecular formula is C21H21ClN8O5. The third-order valence-corrected chi connectivity index (χ3v) is 5.95. The molecule has 4 aromatic rings. The summed E-state index contributed by atoms with van der Waals surface area (Å²) >= 11 is 5.95. The molecule has 4 atom stereocenters. The Morgan fingerprint density at radius 1 is 1.20 bits per heavy atom. The van der Waals surface area contributed by atoms with Crippen molar-refractivity contribution in [3.63, 3.8) is 0 Å². The molecule has 1 amide bonds. The Balaban J connectivity index is 1.54. The summed E-state index contributed by atoms with van der Waals surface area (Å²) in [6.07, 6.45) is 0.575. The topological polar surface area (TPSA) is 164 Å². The number of amides is 1. The van der Waals surface area contributed by atoms with E-state index in [0.717, 1.165) is 0 Å². The Hall–Kier alpha value is -3.62. The van der Waals surface area contributed by atoms with E-state index >= 15 is 0 Å². The number of benzene rings is 1. The highest BCUT2D eigenvalue weighted by molar-refractivity contribution is 6.30. The lowest BCUT2D eigenvalue weighted by molar-refractivity contribution is -0.106. The van der Waals surface area contributed by atoms with Gasteiger partial charge in [0, 0.05) is 17.8 Å². The molecule has 35 heavy (non-hydrogen) atoms.